The van der Waals surface area contributed by atoms with Crippen LogP contribution in [0.1, 0.15) is 71.7 Å². The Balaban J connectivity index is 1.57. The Morgan fingerprint density at radius 1 is 0.977 bits per heavy atom. The summed E-state index contributed by atoms with van der Waals surface area (Å²) in [5.74, 6) is 0.360. The molecule has 1 aliphatic rings. The Labute approximate surface area is 265 Å². The molecule has 1 aromatic heterocycles. The monoisotopic (exact) mass is 622 g/mol. The highest BCUT2D eigenvalue weighted by Gasteiger charge is 2.31. The fourth-order valence-corrected chi connectivity index (χ4v) is 5.53. The summed E-state index contributed by atoms with van der Waals surface area (Å²) in [6, 6.07) is 15.6. The van der Waals surface area contributed by atoms with Gasteiger partial charge in [-0.1, -0.05) is 60.9 Å². The second kappa shape index (κ2) is 15.7. The first kappa shape index (κ1) is 33.1. The van der Waals surface area contributed by atoms with Gasteiger partial charge >= 0.3 is 0 Å². The lowest BCUT2D eigenvalue weighted by atomic mass is 10.0. The van der Waals surface area contributed by atoms with Crippen LogP contribution in [0.4, 0.5) is 0 Å². The van der Waals surface area contributed by atoms with E-state index in [2.05, 4.69) is 19.0 Å². The molecule has 2 heterocycles. The molecule has 0 radical (unpaired) electrons. The van der Waals surface area contributed by atoms with E-state index in [1.807, 2.05) is 30.3 Å². The zero-order chi connectivity index (χ0) is 31.6. The van der Waals surface area contributed by atoms with E-state index in [1.54, 1.807) is 48.2 Å². The number of rotatable bonds is 5. The standard InChI is InChI=1S/C34H43ClN4O5/c1-24(2)20-27-23-31(44-36-27)34(42)39-17-9-8-16-37(3)33(41)29(21-25-12-6-5-7-13-25)38(4)32(40)28-22-26(35)14-15-30(28)43-19-11-10-18-39/h5-7,12-15,22-24,29H,8-11,16-21H2,1-4H3/t29-/m0/s1. The van der Waals surface area contributed by atoms with Crippen LogP contribution in [0.5, 0.6) is 5.75 Å². The molecule has 9 nitrogen and oxygen atoms in total. The number of hydrogen-bond acceptors (Lipinski definition) is 6. The Morgan fingerprint density at radius 3 is 2.41 bits per heavy atom. The van der Waals surface area contributed by atoms with E-state index in [0.717, 1.165) is 17.7 Å². The van der Waals surface area contributed by atoms with Gasteiger partial charge in [-0.15, -0.1) is 0 Å². The molecule has 3 amide bonds. The van der Waals surface area contributed by atoms with Gasteiger partial charge in [-0.2, -0.15) is 0 Å². The van der Waals surface area contributed by atoms with Gasteiger partial charge in [0.2, 0.25) is 11.7 Å². The Kier molecular flexibility index (Phi) is 11.8. The fourth-order valence-electron chi connectivity index (χ4n) is 5.35. The molecule has 4 rings (SSSR count). The van der Waals surface area contributed by atoms with Crippen LogP contribution >= 0.6 is 11.6 Å². The van der Waals surface area contributed by atoms with Crippen molar-refractivity contribution in [3.05, 3.63) is 82.2 Å². The molecule has 0 saturated heterocycles. The van der Waals surface area contributed by atoms with Crippen LogP contribution in [0.25, 0.3) is 0 Å². The van der Waals surface area contributed by atoms with Crippen molar-refractivity contribution in [3.63, 3.8) is 0 Å². The largest absolute Gasteiger partial charge is 0.493 e. The van der Waals surface area contributed by atoms with Crippen molar-refractivity contribution < 1.29 is 23.6 Å². The van der Waals surface area contributed by atoms with Crippen molar-refractivity contribution in [2.45, 2.75) is 58.4 Å². The number of carbonyl (C=O) groups is 3. The maximum atomic E-state index is 13.9. The Hall–Kier alpha value is -3.85. The number of likely N-dealkylation sites (N-methyl/N-ethyl adjacent to an activating group) is 2. The van der Waals surface area contributed by atoms with Crippen molar-refractivity contribution >= 4 is 29.3 Å². The highest BCUT2D eigenvalue weighted by Crippen LogP contribution is 2.26. The zero-order valence-electron chi connectivity index (χ0n) is 26.1. The van der Waals surface area contributed by atoms with Gasteiger partial charge in [0.1, 0.15) is 11.8 Å². The van der Waals surface area contributed by atoms with Gasteiger partial charge in [-0.3, -0.25) is 14.4 Å². The molecular formula is C34H43ClN4O5. The maximum absolute atomic E-state index is 13.9. The summed E-state index contributed by atoms with van der Waals surface area (Å²) < 4.78 is 11.5. The lowest BCUT2D eigenvalue weighted by Gasteiger charge is -2.31. The average molecular weight is 623 g/mol. The Bertz CT molecular complexity index is 1410. The SMILES string of the molecule is CC(C)Cc1cc(C(=O)N2CCCCOc3ccc(Cl)cc3C(=O)N(C)[C@@H](Cc3ccccc3)C(=O)N(C)CCCC2)on1. The van der Waals surface area contributed by atoms with Crippen molar-refractivity contribution in [2.24, 2.45) is 5.92 Å². The number of aromatic nitrogens is 1. The van der Waals surface area contributed by atoms with Crippen molar-refractivity contribution in [2.75, 3.05) is 40.3 Å². The third-order valence-corrected chi connectivity index (χ3v) is 8.05. The summed E-state index contributed by atoms with van der Waals surface area (Å²) in [7, 11) is 3.41. The third kappa shape index (κ3) is 8.85. The van der Waals surface area contributed by atoms with E-state index in [4.69, 9.17) is 20.9 Å². The Morgan fingerprint density at radius 2 is 1.68 bits per heavy atom. The van der Waals surface area contributed by atoms with Crippen LogP contribution in [0.2, 0.25) is 5.02 Å². The van der Waals surface area contributed by atoms with E-state index < -0.39 is 6.04 Å². The summed E-state index contributed by atoms with van der Waals surface area (Å²) in [6.07, 6.45) is 3.87. The molecule has 44 heavy (non-hydrogen) atoms. The molecule has 0 fully saturated rings. The second-order valence-corrected chi connectivity index (χ2v) is 12.3. The molecular weight excluding hydrogens is 580 g/mol. The third-order valence-electron chi connectivity index (χ3n) is 7.82. The molecule has 0 N–H and O–H groups in total. The van der Waals surface area contributed by atoms with Gasteiger partial charge in [-0.05, 0) is 61.8 Å². The van der Waals surface area contributed by atoms with Crippen LogP contribution in [0, 0.1) is 5.92 Å². The molecule has 10 heteroatoms. The minimum absolute atomic E-state index is 0.161. The lowest BCUT2D eigenvalue weighted by Crippen LogP contribution is -2.49. The fraction of sp³-hybridized carbons (Fsp3) is 0.471. The molecule has 3 aromatic rings. The topological polar surface area (TPSA) is 96.2 Å². The molecule has 236 valence electrons. The first-order chi connectivity index (χ1) is 21.1. The maximum Gasteiger partial charge on any atom is 0.292 e. The van der Waals surface area contributed by atoms with Gasteiger partial charge in [0, 0.05) is 51.2 Å². The van der Waals surface area contributed by atoms with Gasteiger partial charge in [-0.25, -0.2) is 0 Å². The van der Waals surface area contributed by atoms with Crippen molar-refractivity contribution in [1.82, 2.24) is 19.9 Å². The second-order valence-electron chi connectivity index (χ2n) is 11.9. The molecule has 1 aliphatic heterocycles. The average Bonchev–Trinajstić information content (AvgIpc) is 3.47. The van der Waals surface area contributed by atoms with E-state index in [1.165, 1.54) is 4.90 Å². The molecule has 0 saturated carbocycles. The lowest BCUT2D eigenvalue weighted by molar-refractivity contribution is -0.134. The molecule has 2 aromatic carbocycles. The normalized spacial score (nSPS) is 17.8. The van der Waals surface area contributed by atoms with Gasteiger partial charge in [0.15, 0.2) is 0 Å². The molecule has 0 spiro atoms. The van der Waals surface area contributed by atoms with E-state index in [-0.39, 0.29) is 23.5 Å². The number of hydrogen-bond donors (Lipinski definition) is 0. The summed E-state index contributed by atoms with van der Waals surface area (Å²) >= 11 is 6.31. The minimum atomic E-state index is -0.734. The van der Waals surface area contributed by atoms with E-state index >= 15 is 0 Å². The summed E-state index contributed by atoms with van der Waals surface area (Å²) in [4.78, 5) is 46.1. The van der Waals surface area contributed by atoms with Gasteiger partial charge in [0.25, 0.3) is 11.8 Å². The van der Waals surface area contributed by atoms with Crippen molar-refractivity contribution in [3.8, 4) is 5.75 Å². The number of carbonyl (C=O) groups excluding carboxylic acids is 3. The predicted octanol–water partition coefficient (Wildman–Crippen LogP) is 5.76. The van der Waals surface area contributed by atoms with Crippen LogP contribution in [0.3, 0.4) is 0 Å². The molecule has 1 atom stereocenters. The molecule has 0 bridgehead atoms. The highest BCUT2D eigenvalue weighted by molar-refractivity contribution is 6.31. The van der Waals surface area contributed by atoms with E-state index in [9.17, 15) is 14.4 Å². The molecule has 0 aliphatic carbocycles. The quantitative estimate of drug-likeness (QED) is 0.359. The van der Waals surface area contributed by atoms with Crippen LogP contribution in [-0.4, -0.2) is 84.0 Å². The number of amides is 3. The number of ether oxygens (including phenoxy) is 1. The number of benzene rings is 2. The number of fused-ring (bicyclic) bond motifs is 1. The van der Waals surface area contributed by atoms with Gasteiger partial charge < -0.3 is 24.0 Å². The minimum Gasteiger partial charge on any atom is -0.493 e. The van der Waals surface area contributed by atoms with Crippen LogP contribution in [-0.2, 0) is 17.6 Å². The van der Waals surface area contributed by atoms with Crippen LogP contribution < -0.4 is 4.74 Å². The van der Waals surface area contributed by atoms with Gasteiger partial charge in [0.05, 0.1) is 17.9 Å². The highest BCUT2D eigenvalue weighted by atomic mass is 35.5. The number of halogens is 1. The number of nitrogens with zero attached hydrogens (tertiary/aromatic N) is 4. The zero-order valence-corrected chi connectivity index (χ0v) is 26.9. The first-order valence-corrected chi connectivity index (χ1v) is 15.7. The van der Waals surface area contributed by atoms with Crippen molar-refractivity contribution in [1.29, 1.82) is 0 Å². The summed E-state index contributed by atoms with van der Waals surface area (Å²) in [5.41, 5.74) is 2.02. The molecule has 0 unspecified atom stereocenters. The summed E-state index contributed by atoms with van der Waals surface area (Å²) in [6.45, 7) is 6.07. The smallest absolute Gasteiger partial charge is 0.292 e. The first-order valence-electron chi connectivity index (χ1n) is 15.4. The van der Waals surface area contributed by atoms with E-state index in [0.29, 0.717) is 80.6 Å². The predicted molar refractivity (Wildman–Crippen MR) is 170 cm³/mol. The van der Waals surface area contributed by atoms with Crippen LogP contribution in [0.15, 0.2) is 59.1 Å². The summed E-state index contributed by atoms with van der Waals surface area (Å²) in [5, 5.41) is 4.50.